The summed E-state index contributed by atoms with van der Waals surface area (Å²) in [5.41, 5.74) is 0. The average molecular weight is 220 g/mol. The van der Waals surface area contributed by atoms with Gasteiger partial charge in [-0.3, -0.25) is 0 Å². The van der Waals surface area contributed by atoms with Crippen molar-refractivity contribution in [1.82, 2.24) is 0 Å². The van der Waals surface area contributed by atoms with Crippen molar-refractivity contribution in [2.45, 2.75) is 44.6 Å². The zero-order valence-corrected chi connectivity index (χ0v) is 9.59. The van der Waals surface area contributed by atoms with E-state index in [0.29, 0.717) is 12.3 Å². The summed E-state index contributed by atoms with van der Waals surface area (Å²) in [6, 6.07) is 0. The van der Waals surface area contributed by atoms with E-state index in [1.165, 1.54) is 25.5 Å². The molecule has 0 bridgehead atoms. The van der Waals surface area contributed by atoms with Crippen molar-refractivity contribution in [2.75, 3.05) is 12.0 Å². The highest BCUT2D eigenvalue weighted by Gasteiger charge is 2.22. The molecule has 1 rings (SSSR count). The second-order valence-electron chi connectivity index (χ2n) is 4.38. The number of aliphatic hydroxyl groups excluding tert-OH is 1. The lowest BCUT2D eigenvalue weighted by atomic mass is 9.84. The maximum absolute atomic E-state index is 10.9. The molecular formula is C10H20O3S. The largest absolute Gasteiger partial charge is 0.393 e. The summed E-state index contributed by atoms with van der Waals surface area (Å²) >= 11 is 0. The molecule has 0 amide bonds. The lowest BCUT2D eigenvalue weighted by Crippen LogP contribution is -2.25. The molecule has 1 saturated carbocycles. The zero-order chi connectivity index (χ0) is 10.6. The number of hydrogen-bond donors (Lipinski definition) is 1. The topological polar surface area (TPSA) is 54.4 Å². The molecule has 3 nitrogen and oxygen atoms in total. The third kappa shape index (κ3) is 4.42. The minimum atomic E-state index is -2.92. The predicted octanol–water partition coefficient (Wildman–Crippen LogP) is 1.36. The Hall–Kier alpha value is -0.0900. The van der Waals surface area contributed by atoms with E-state index in [-0.39, 0.29) is 5.75 Å². The quantitative estimate of drug-likeness (QED) is 0.778. The van der Waals surface area contributed by atoms with Gasteiger partial charge in [0.05, 0.1) is 11.9 Å². The van der Waals surface area contributed by atoms with Crippen molar-refractivity contribution in [2.24, 2.45) is 5.92 Å². The lowest BCUT2D eigenvalue weighted by Gasteiger charge is -2.26. The van der Waals surface area contributed by atoms with E-state index in [1.54, 1.807) is 0 Å². The van der Waals surface area contributed by atoms with Gasteiger partial charge < -0.3 is 5.11 Å². The second-order valence-corrected chi connectivity index (χ2v) is 6.64. The Morgan fingerprint density at radius 2 is 1.86 bits per heavy atom. The monoisotopic (exact) mass is 220 g/mol. The molecule has 14 heavy (non-hydrogen) atoms. The fourth-order valence-corrected chi connectivity index (χ4v) is 2.76. The third-order valence-electron chi connectivity index (χ3n) is 2.98. The summed E-state index contributed by atoms with van der Waals surface area (Å²) < 4.78 is 21.8. The van der Waals surface area contributed by atoms with Gasteiger partial charge in [-0.15, -0.1) is 0 Å². The van der Waals surface area contributed by atoms with Crippen LogP contribution in [-0.2, 0) is 9.84 Å². The Morgan fingerprint density at radius 1 is 1.29 bits per heavy atom. The van der Waals surface area contributed by atoms with Crippen LogP contribution in [0.3, 0.4) is 0 Å². The van der Waals surface area contributed by atoms with Gasteiger partial charge in [0.2, 0.25) is 0 Å². The van der Waals surface area contributed by atoms with Crippen LogP contribution in [0.2, 0.25) is 0 Å². The second kappa shape index (κ2) is 5.12. The molecule has 0 saturated heterocycles. The summed E-state index contributed by atoms with van der Waals surface area (Å²) in [5, 5.41) is 9.77. The van der Waals surface area contributed by atoms with Crippen LogP contribution in [-0.4, -0.2) is 31.6 Å². The number of rotatable bonds is 4. The van der Waals surface area contributed by atoms with Crippen LogP contribution in [0.5, 0.6) is 0 Å². The fourth-order valence-electron chi connectivity index (χ4n) is 2.09. The van der Waals surface area contributed by atoms with E-state index in [9.17, 15) is 13.5 Å². The Labute approximate surface area is 86.4 Å². The van der Waals surface area contributed by atoms with E-state index in [2.05, 4.69) is 0 Å². The molecule has 0 aromatic rings. The highest BCUT2D eigenvalue weighted by atomic mass is 32.2. The molecule has 1 atom stereocenters. The molecule has 0 radical (unpaired) electrons. The van der Waals surface area contributed by atoms with Crippen molar-refractivity contribution in [3.8, 4) is 0 Å². The fraction of sp³-hybridized carbons (Fsp3) is 1.00. The van der Waals surface area contributed by atoms with E-state index < -0.39 is 15.9 Å². The summed E-state index contributed by atoms with van der Waals surface area (Å²) in [6.45, 7) is 0. The lowest BCUT2D eigenvalue weighted by molar-refractivity contribution is 0.0822. The van der Waals surface area contributed by atoms with Crippen molar-refractivity contribution in [1.29, 1.82) is 0 Å². The minimum Gasteiger partial charge on any atom is -0.393 e. The van der Waals surface area contributed by atoms with Crippen LogP contribution in [0.4, 0.5) is 0 Å². The molecule has 1 fully saturated rings. The van der Waals surface area contributed by atoms with Gasteiger partial charge in [-0.25, -0.2) is 8.42 Å². The molecule has 0 aliphatic heterocycles. The molecular weight excluding hydrogens is 200 g/mol. The Bertz CT molecular complexity index is 253. The van der Waals surface area contributed by atoms with Gasteiger partial charge >= 0.3 is 0 Å². The summed E-state index contributed by atoms with van der Waals surface area (Å²) in [4.78, 5) is 0. The molecule has 84 valence electrons. The SMILES string of the molecule is CS(=O)(=O)CCC(O)C1CCCCC1. The van der Waals surface area contributed by atoms with Crippen LogP contribution >= 0.6 is 0 Å². The van der Waals surface area contributed by atoms with E-state index >= 15 is 0 Å². The third-order valence-corrected chi connectivity index (χ3v) is 3.96. The number of aliphatic hydroxyl groups is 1. The van der Waals surface area contributed by atoms with Gasteiger partial charge in [0, 0.05) is 6.26 Å². The average Bonchev–Trinajstić information content (AvgIpc) is 2.14. The van der Waals surface area contributed by atoms with Gasteiger partial charge in [0.25, 0.3) is 0 Å². The van der Waals surface area contributed by atoms with Crippen molar-refractivity contribution >= 4 is 9.84 Å². The maximum atomic E-state index is 10.9. The van der Waals surface area contributed by atoms with Crippen molar-refractivity contribution in [3.63, 3.8) is 0 Å². The Morgan fingerprint density at radius 3 is 2.36 bits per heavy atom. The van der Waals surface area contributed by atoms with Crippen LogP contribution in [0.25, 0.3) is 0 Å². The van der Waals surface area contributed by atoms with Crippen LogP contribution in [0, 0.1) is 5.92 Å². The Kier molecular flexibility index (Phi) is 4.38. The number of sulfone groups is 1. The summed E-state index contributed by atoms with van der Waals surface area (Å²) in [7, 11) is -2.92. The van der Waals surface area contributed by atoms with E-state index in [4.69, 9.17) is 0 Å². The van der Waals surface area contributed by atoms with Crippen molar-refractivity contribution in [3.05, 3.63) is 0 Å². The molecule has 1 aliphatic carbocycles. The first-order chi connectivity index (χ1) is 6.49. The standard InChI is InChI=1S/C10H20O3S/c1-14(12,13)8-7-10(11)9-5-3-2-4-6-9/h9-11H,2-8H2,1H3. The van der Waals surface area contributed by atoms with Crippen LogP contribution in [0.15, 0.2) is 0 Å². The van der Waals surface area contributed by atoms with Crippen LogP contribution < -0.4 is 0 Å². The summed E-state index contributed by atoms with van der Waals surface area (Å²) in [5.74, 6) is 0.454. The van der Waals surface area contributed by atoms with Gasteiger partial charge in [-0.05, 0) is 25.2 Å². The molecule has 4 heteroatoms. The van der Waals surface area contributed by atoms with Gasteiger partial charge in [-0.1, -0.05) is 19.3 Å². The Balaban J connectivity index is 2.30. The highest BCUT2D eigenvalue weighted by molar-refractivity contribution is 7.90. The molecule has 1 N–H and O–H groups in total. The minimum absolute atomic E-state index is 0.116. The zero-order valence-electron chi connectivity index (χ0n) is 8.78. The smallest absolute Gasteiger partial charge is 0.147 e. The molecule has 0 aromatic heterocycles. The predicted molar refractivity (Wildman–Crippen MR) is 56.9 cm³/mol. The van der Waals surface area contributed by atoms with Crippen LogP contribution in [0.1, 0.15) is 38.5 Å². The van der Waals surface area contributed by atoms with Gasteiger partial charge in [0.15, 0.2) is 0 Å². The molecule has 0 spiro atoms. The molecule has 1 unspecified atom stereocenters. The summed E-state index contributed by atoms with van der Waals surface area (Å²) in [6.07, 6.45) is 6.96. The van der Waals surface area contributed by atoms with Gasteiger partial charge in [-0.2, -0.15) is 0 Å². The van der Waals surface area contributed by atoms with E-state index in [0.717, 1.165) is 12.8 Å². The number of hydrogen-bond acceptors (Lipinski definition) is 3. The first-order valence-electron chi connectivity index (χ1n) is 5.35. The first kappa shape index (κ1) is 12.0. The normalized spacial score (nSPS) is 22.1. The maximum Gasteiger partial charge on any atom is 0.147 e. The molecule has 0 aromatic carbocycles. The van der Waals surface area contributed by atoms with Gasteiger partial charge in [0.1, 0.15) is 9.84 Å². The first-order valence-corrected chi connectivity index (χ1v) is 7.41. The van der Waals surface area contributed by atoms with Crippen molar-refractivity contribution < 1.29 is 13.5 Å². The highest BCUT2D eigenvalue weighted by Crippen LogP contribution is 2.27. The molecule has 0 heterocycles. The molecule has 1 aliphatic rings. The van der Waals surface area contributed by atoms with E-state index in [1.807, 2.05) is 0 Å².